The average Bonchev–Trinajstić information content (AvgIpc) is 4.09. The van der Waals surface area contributed by atoms with E-state index in [1.165, 1.54) is 59.2 Å². The maximum Gasteiger partial charge on any atom is 0.166 e. The van der Waals surface area contributed by atoms with E-state index in [0.717, 1.165) is 54.9 Å². The van der Waals surface area contributed by atoms with E-state index in [4.69, 9.17) is 15.0 Å². The van der Waals surface area contributed by atoms with Crippen LogP contribution in [0.2, 0.25) is 0 Å². The Labute approximate surface area is 401 Å². The maximum absolute atomic E-state index is 5.48. The second kappa shape index (κ2) is 15.8. The Hall–Kier alpha value is -8.97. The lowest BCUT2D eigenvalue weighted by molar-refractivity contribution is 1.07. The molecule has 0 atom stereocenters. The molecular formula is C63H39N5S. The minimum absolute atomic E-state index is 0.604. The molecule has 14 aromatic rings. The van der Waals surface area contributed by atoms with E-state index in [2.05, 4.69) is 228 Å². The van der Waals surface area contributed by atoms with Crippen molar-refractivity contribution in [1.29, 1.82) is 0 Å². The number of benzene rings is 10. The lowest BCUT2D eigenvalue weighted by Crippen LogP contribution is -2.04. The summed E-state index contributed by atoms with van der Waals surface area (Å²) in [5.41, 5.74) is 14.1. The van der Waals surface area contributed by atoms with Gasteiger partial charge in [-0.05, 0) is 82.9 Å². The van der Waals surface area contributed by atoms with E-state index < -0.39 is 0 Å². The van der Waals surface area contributed by atoms with Gasteiger partial charge < -0.3 is 9.13 Å². The molecule has 4 heterocycles. The van der Waals surface area contributed by atoms with Gasteiger partial charge in [0, 0.05) is 64.1 Å². The highest BCUT2D eigenvalue weighted by atomic mass is 32.1. The van der Waals surface area contributed by atoms with Crippen molar-refractivity contribution in [2.24, 2.45) is 0 Å². The Bertz CT molecular complexity index is 4300. The highest BCUT2D eigenvalue weighted by Gasteiger charge is 2.24. The zero-order chi connectivity index (χ0) is 45.4. The van der Waals surface area contributed by atoms with Crippen molar-refractivity contribution in [2.45, 2.75) is 0 Å². The lowest BCUT2D eigenvalue weighted by Gasteiger charge is -2.17. The molecule has 69 heavy (non-hydrogen) atoms. The van der Waals surface area contributed by atoms with Gasteiger partial charge in [-0.3, -0.25) is 0 Å². The summed E-state index contributed by atoms with van der Waals surface area (Å²) in [5, 5.41) is 7.24. The molecule has 0 fully saturated rings. The van der Waals surface area contributed by atoms with E-state index in [9.17, 15) is 0 Å². The van der Waals surface area contributed by atoms with Crippen molar-refractivity contribution in [3.8, 4) is 67.8 Å². The Morgan fingerprint density at radius 1 is 0.304 bits per heavy atom. The third-order valence-electron chi connectivity index (χ3n) is 13.6. The van der Waals surface area contributed by atoms with Crippen LogP contribution in [0.3, 0.4) is 0 Å². The van der Waals surface area contributed by atoms with Crippen molar-refractivity contribution in [3.63, 3.8) is 0 Å². The Morgan fingerprint density at radius 2 is 0.797 bits per heavy atom. The van der Waals surface area contributed by atoms with Crippen LogP contribution in [0.15, 0.2) is 237 Å². The molecule has 0 N–H and O–H groups in total. The minimum Gasteiger partial charge on any atom is -0.309 e. The van der Waals surface area contributed by atoms with Crippen LogP contribution in [0, 0.1) is 0 Å². The zero-order valence-electron chi connectivity index (χ0n) is 37.2. The summed E-state index contributed by atoms with van der Waals surface area (Å²) in [4.78, 5) is 16.1. The molecule has 4 aromatic heterocycles. The standard InChI is InChI=1S/C63H39N5S/c1-4-19-40(20-5-1)42-37-38-50(62-64-61(41-21-6-2-7-22-41)65-63(66-62)51-31-16-30-47-44-25-12-15-36-57(44)69-60(47)51)56(39-42)68-53-33-14-11-27-49(53)59-46(29-18-35-55(59)68)45-28-17-34-54-58(45)48-26-10-13-32-52(48)67(54)43-23-8-3-9-24-43/h1-39H. The van der Waals surface area contributed by atoms with Gasteiger partial charge in [0.05, 0.1) is 27.8 Å². The maximum atomic E-state index is 5.48. The van der Waals surface area contributed by atoms with Gasteiger partial charge in [0.2, 0.25) is 0 Å². The summed E-state index contributed by atoms with van der Waals surface area (Å²) in [7, 11) is 0. The summed E-state index contributed by atoms with van der Waals surface area (Å²) in [5.74, 6) is 1.87. The molecule has 0 saturated heterocycles. The predicted molar refractivity (Wildman–Crippen MR) is 289 cm³/mol. The second-order valence-electron chi connectivity index (χ2n) is 17.5. The molecule has 0 aliphatic heterocycles. The Balaban J connectivity index is 1.05. The molecule has 0 aliphatic rings. The van der Waals surface area contributed by atoms with Crippen LogP contribution < -0.4 is 0 Å². The van der Waals surface area contributed by atoms with E-state index in [1.807, 2.05) is 18.2 Å². The number of para-hydroxylation sites is 3. The van der Waals surface area contributed by atoms with Gasteiger partial charge in [0.25, 0.3) is 0 Å². The number of hydrogen-bond donors (Lipinski definition) is 0. The molecule has 322 valence electrons. The zero-order valence-corrected chi connectivity index (χ0v) is 38.0. The number of thiophene rings is 1. The molecule has 14 rings (SSSR count). The number of rotatable bonds is 7. The molecule has 0 aliphatic carbocycles. The first kappa shape index (κ1) is 39.2. The summed E-state index contributed by atoms with van der Waals surface area (Å²) >= 11 is 1.78. The summed E-state index contributed by atoms with van der Waals surface area (Å²) in [6.07, 6.45) is 0. The number of nitrogens with zero attached hydrogens (tertiary/aromatic N) is 5. The van der Waals surface area contributed by atoms with E-state index >= 15 is 0 Å². The summed E-state index contributed by atoms with van der Waals surface area (Å²) in [6.45, 7) is 0. The van der Waals surface area contributed by atoms with Gasteiger partial charge in [0.15, 0.2) is 17.5 Å². The summed E-state index contributed by atoms with van der Waals surface area (Å²) < 4.78 is 7.22. The van der Waals surface area contributed by atoms with Gasteiger partial charge >= 0.3 is 0 Å². The Kier molecular flexibility index (Phi) is 9.00. The normalized spacial score (nSPS) is 11.8. The first-order valence-corrected chi connectivity index (χ1v) is 24.1. The van der Waals surface area contributed by atoms with Crippen molar-refractivity contribution >= 4 is 75.1 Å². The van der Waals surface area contributed by atoms with Crippen LogP contribution in [-0.2, 0) is 0 Å². The van der Waals surface area contributed by atoms with Crippen LogP contribution in [0.4, 0.5) is 0 Å². The fourth-order valence-electron chi connectivity index (χ4n) is 10.6. The van der Waals surface area contributed by atoms with Gasteiger partial charge in [-0.1, -0.05) is 176 Å². The van der Waals surface area contributed by atoms with Gasteiger partial charge in [-0.2, -0.15) is 0 Å². The first-order chi connectivity index (χ1) is 34.2. The SMILES string of the molecule is c1ccc(-c2ccc(-c3nc(-c4ccccc4)nc(-c4cccc5c4sc4ccccc45)n3)c(-n3c4ccccc4c4c(-c5cccc6c5c5ccccc5n6-c5ccccc5)cccc43)c2)cc1. The molecule has 10 aromatic carbocycles. The van der Waals surface area contributed by atoms with Crippen molar-refractivity contribution in [3.05, 3.63) is 237 Å². The molecule has 0 unspecified atom stereocenters. The van der Waals surface area contributed by atoms with Crippen LogP contribution in [0.1, 0.15) is 0 Å². The van der Waals surface area contributed by atoms with Gasteiger partial charge in [-0.15, -0.1) is 11.3 Å². The lowest BCUT2D eigenvalue weighted by atomic mass is 9.95. The molecule has 6 heteroatoms. The molecular weight excluding hydrogens is 859 g/mol. The molecule has 0 spiro atoms. The van der Waals surface area contributed by atoms with E-state index in [-0.39, 0.29) is 0 Å². The van der Waals surface area contributed by atoms with E-state index in [0.29, 0.717) is 17.5 Å². The predicted octanol–water partition coefficient (Wildman–Crippen LogP) is 16.8. The molecule has 0 amide bonds. The monoisotopic (exact) mass is 897 g/mol. The smallest absolute Gasteiger partial charge is 0.166 e. The number of fused-ring (bicyclic) bond motifs is 9. The average molecular weight is 898 g/mol. The molecule has 0 bridgehead atoms. The largest absolute Gasteiger partial charge is 0.309 e. The molecule has 0 radical (unpaired) electrons. The minimum atomic E-state index is 0.604. The fourth-order valence-corrected chi connectivity index (χ4v) is 11.8. The van der Waals surface area contributed by atoms with Crippen LogP contribution >= 0.6 is 11.3 Å². The van der Waals surface area contributed by atoms with Crippen LogP contribution in [-0.4, -0.2) is 24.1 Å². The third kappa shape index (κ3) is 6.27. The molecule has 5 nitrogen and oxygen atoms in total. The van der Waals surface area contributed by atoms with Crippen LogP contribution in [0.25, 0.3) is 132 Å². The van der Waals surface area contributed by atoms with Crippen LogP contribution in [0.5, 0.6) is 0 Å². The van der Waals surface area contributed by atoms with Crippen molar-refractivity contribution in [1.82, 2.24) is 24.1 Å². The highest BCUT2D eigenvalue weighted by molar-refractivity contribution is 7.26. The fraction of sp³-hybridized carbons (Fsp3) is 0. The highest BCUT2D eigenvalue weighted by Crippen LogP contribution is 2.46. The third-order valence-corrected chi connectivity index (χ3v) is 14.8. The number of aromatic nitrogens is 5. The number of hydrogen-bond acceptors (Lipinski definition) is 4. The molecule has 0 saturated carbocycles. The Morgan fingerprint density at radius 3 is 1.49 bits per heavy atom. The van der Waals surface area contributed by atoms with E-state index in [1.54, 1.807) is 11.3 Å². The second-order valence-corrected chi connectivity index (χ2v) is 18.5. The first-order valence-electron chi connectivity index (χ1n) is 23.3. The van der Waals surface area contributed by atoms with Gasteiger partial charge in [0.1, 0.15) is 0 Å². The van der Waals surface area contributed by atoms with Crippen molar-refractivity contribution in [2.75, 3.05) is 0 Å². The summed E-state index contributed by atoms with van der Waals surface area (Å²) in [6, 6.07) is 84.5. The quantitative estimate of drug-likeness (QED) is 0.160. The van der Waals surface area contributed by atoms with Crippen molar-refractivity contribution < 1.29 is 0 Å². The van der Waals surface area contributed by atoms with Gasteiger partial charge in [-0.25, -0.2) is 15.0 Å². The topological polar surface area (TPSA) is 48.5 Å².